The molecule has 0 saturated heterocycles. The highest BCUT2D eigenvalue weighted by molar-refractivity contribution is 5.97. The quantitative estimate of drug-likeness (QED) is 0.164. The normalized spacial score (nSPS) is 15.2. The van der Waals surface area contributed by atoms with Crippen LogP contribution in [0.15, 0.2) is 225 Å². The van der Waals surface area contributed by atoms with E-state index in [9.17, 15) is 0 Å². The van der Waals surface area contributed by atoms with Crippen LogP contribution in [0, 0.1) is 0 Å². The SMILES string of the molecule is C1=CCC(c2ccc(N(c3ccc(-c4ccccc4)cc3)c3ccc4c(c3)C3(c5ccccc5-c5ccccc53)c3cc(-n5ccc6ccccc65)ccc3-4)cc2)C=C1. The predicted molar refractivity (Wildman–Crippen MR) is 245 cm³/mol. The molecule has 0 fully saturated rings. The molecule has 12 rings (SSSR count). The van der Waals surface area contributed by atoms with Gasteiger partial charge in [0.2, 0.25) is 0 Å². The fraction of sp³-hybridized carbons (Fsp3) is 0.0526. The third-order valence-corrected chi connectivity index (χ3v) is 13.0. The van der Waals surface area contributed by atoms with E-state index >= 15 is 0 Å². The van der Waals surface area contributed by atoms with E-state index in [0.29, 0.717) is 5.92 Å². The Hall–Kier alpha value is -7.42. The van der Waals surface area contributed by atoms with Gasteiger partial charge in [-0.25, -0.2) is 0 Å². The van der Waals surface area contributed by atoms with E-state index in [0.717, 1.165) is 23.5 Å². The minimum atomic E-state index is -0.500. The number of benzene rings is 8. The zero-order valence-electron chi connectivity index (χ0n) is 32.5. The minimum absolute atomic E-state index is 0.392. The highest BCUT2D eigenvalue weighted by atomic mass is 15.1. The van der Waals surface area contributed by atoms with Crippen LogP contribution >= 0.6 is 0 Å². The Morgan fingerprint density at radius 2 is 1.05 bits per heavy atom. The van der Waals surface area contributed by atoms with Gasteiger partial charge < -0.3 is 9.47 Å². The van der Waals surface area contributed by atoms with Gasteiger partial charge in [-0.3, -0.25) is 0 Å². The van der Waals surface area contributed by atoms with Crippen LogP contribution in [0.1, 0.15) is 40.2 Å². The van der Waals surface area contributed by atoms with Crippen molar-refractivity contribution in [3.8, 4) is 39.1 Å². The van der Waals surface area contributed by atoms with Gasteiger partial charge in [-0.15, -0.1) is 0 Å². The van der Waals surface area contributed by atoms with Gasteiger partial charge in [-0.2, -0.15) is 0 Å². The molecule has 3 aliphatic rings. The summed E-state index contributed by atoms with van der Waals surface area (Å²) in [4.78, 5) is 2.44. The monoisotopic (exact) mass is 752 g/mol. The molecule has 2 heteroatoms. The smallest absolute Gasteiger partial charge is 0.0727 e. The Morgan fingerprint density at radius 1 is 0.458 bits per heavy atom. The van der Waals surface area contributed by atoms with Gasteiger partial charge in [0.05, 0.1) is 10.9 Å². The number of nitrogens with zero attached hydrogens (tertiary/aromatic N) is 2. The summed E-state index contributed by atoms with van der Waals surface area (Å²) in [5.74, 6) is 0.392. The number of fused-ring (bicyclic) bond motifs is 11. The maximum atomic E-state index is 2.49. The van der Waals surface area contributed by atoms with Gasteiger partial charge in [0, 0.05) is 34.9 Å². The molecular formula is C57H40N2. The van der Waals surface area contributed by atoms with Crippen LogP contribution in [0.5, 0.6) is 0 Å². The van der Waals surface area contributed by atoms with Gasteiger partial charge in [-0.05, 0) is 134 Å². The van der Waals surface area contributed by atoms with Crippen molar-refractivity contribution in [1.82, 2.24) is 4.57 Å². The summed E-state index contributed by atoms with van der Waals surface area (Å²) >= 11 is 0. The van der Waals surface area contributed by atoms with E-state index < -0.39 is 5.41 Å². The van der Waals surface area contributed by atoms with E-state index in [2.05, 4.69) is 234 Å². The number of para-hydroxylation sites is 1. The van der Waals surface area contributed by atoms with Crippen molar-refractivity contribution in [2.24, 2.45) is 0 Å². The van der Waals surface area contributed by atoms with Crippen LogP contribution in [0.3, 0.4) is 0 Å². The maximum absolute atomic E-state index is 2.49. The highest BCUT2D eigenvalue weighted by Crippen LogP contribution is 2.63. The molecule has 1 heterocycles. The lowest BCUT2D eigenvalue weighted by molar-refractivity contribution is 0.792. The molecular weight excluding hydrogens is 713 g/mol. The summed E-state index contributed by atoms with van der Waals surface area (Å²) in [5, 5.41) is 1.24. The molecule has 0 bridgehead atoms. The van der Waals surface area contributed by atoms with Crippen molar-refractivity contribution in [3.63, 3.8) is 0 Å². The van der Waals surface area contributed by atoms with Crippen LogP contribution < -0.4 is 4.90 Å². The third kappa shape index (κ3) is 5.13. The average Bonchev–Trinajstić information content (AvgIpc) is 3.97. The molecule has 2 nitrogen and oxygen atoms in total. The summed E-state index contributed by atoms with van der Waals surface area (Å²) in [7, 11) is 0. The standard InChI is InChI=1S/C57H40N2/c1-3-13-39(14-4-1)41-23-27-44(28-24-41)59(45-29-25-42(26-30-45)40-15-5-2-6-16-40)47-32-34-51-50-33-31-46(58-36-35-43-17-7-12-22-56(43)58)37-54(50)57(55(51)38-47)52-20-10-8-18-48(52)49-19-9-11-21-53(49)57/h1-15,17-38,40H,16H2. The van der Waals surface area contributed by atoms with Gasteiger partial charge >= 0.3 is 0 Å². The van der Waals surface area contributed by atoms with Crippen molar-refractivity contribution in [1.29, 1.82) is 0 Å². The van der Waals surface area contributed by atoms with Crippen molar-refractivity contribution in [2.45, 2.75) is 17.8 Å². The van der Waals surface area contributed by atoms with Crippen LogP contribution in [0.25, 0.3) is 50.0 Å². The highest BCUT2D eigenvalue weighted by Gasteiger charge is 2.52. The first-order valence-electron chi connectivity index (χ1n) is 20.7. The molecule has 1 spiro atoms. The van der Waals surface area contributed by atoms with Gasteiger partial charge in [0.25, 0.3) is 0 Å². The second-order valence-corrected chi connectivity index (χ2v) is 16.0. The Balaban J connectivity index is 1.07. The topological polar surface area (TPSA) is 8.17 Å². The number of anilines is 3. The van der Waals surface area contributed by atoms with Crippen molar-refractivity contribution >= 4 is 28.0 Å². The molecule has 0 saturated carbocycles. The van der Waals surface area contributed by atoms with Crippen LogP contribution in [0.4, 0.5) is 17.1 Å². The molecule has 1 aromatic heterocycles. The van der Waals surface area contributed by atoms with Crippen LogP contribution in [0.2, 0.25) is 0 Å². The lowest BCUT2D eigenvalue weighted by Gasteiger charge is -2.32. The van der Waals surface area contributed by atoms with E-state index in [1.807, 2.05) is 0 Å². The minimum Gasteiger partial charge on any atom is -0.317 e. The Labute approximate surface area is 345 Å². The van der Waals surface area contributed by atoms with Crippen molar-refractivity contribution < 1.29 is 0 Å². The van der Waals surface area contributed by atoms with Gasteiger partial charge in [-0.1, -0.05) is 158 Å². The molecule has 0 N–H and O–H groups in total. The lowest BCUT2D eigenvalue weighted by Crippen LogP contribution is -2.26. The van der Waals surface area contributed by atoms with Gasteiger partial charge in [0.15, 0.2) is 0 Å². The van der Waals surface area contributed by atoms with Crippen LogP contribution in [-0.2, 0) is 5.41 Å². The fourth-order valence-corrected chi connectivity index (χ4v) is 10.3. The summed E-state index contributed by atoms with van der Waals surface area (Å²) in [6, 6.07) is 72.3. The average molecular weight is 753 g/mol. The first kappa shape index (κ1) is 33.7. The second-order valence-electron chi connectivity index (χ2n) is 16.0. The molecule has 0 radical (unpaired) electrons. The third-order valence-electron chi connectivity index (χ3n) is 13.0. The molecule has 59 heavy (non-hydrogen) atoms. The molecule has 1 atom stereocenters. The summed E-state index contributed by atoms with van der Waals surface area (Å²) < 4.78 is 2.34. The predicted octanol–water partition coefficient (Wildman–Crippen LogP) is 14.7. The Morgan fingerprint density at radius 3 is 1.78 bits per heavy atom. The summed E-state index contributed by atoms with van der Waals surface area (Å²) in [6.45, 7) is 0. The van der Waals surface area contributed by atoms with Crippen molar-refractivity contribution in [3.05, 3.63) is 252 Å². The number of allylic oxidation sites excluding steroid dienone is 4. The van der Waals surface area contributed by atoms with Crippen molar-refractivity contribution in [2.75, 3.05) is 4.90 Å². The molecule has 9 aromatic rings. The molecule has 0 amide bonds. The zero-order valence-corrected chi connectivity index (χ0v) is 32.5. The van der Waals surface area contributed by atoms with E-state index in [1.165, 1.54) is 77.8 Å². The number of rotatable bonds is 6. The molecule has 0 aliphatic heterocycles. The molecule has 3 aliphatic carbocycles. The second kappa shape index (κ2) is 13.3. The first-order chi connectivity index (χ1) is 29.3. The fourth-order valence-electron chi connectivity index (χ4n) is 10.3. The Kier molecular flexibility index (Phi) is 7.61. The zero-order chi connectivity index (χ0) is 38.9. The van der Waals surface area contributed by atoms with Gasteiger partial charge in [0.1, 0.15) is 0 Å². The maximum Gasteiger partial charge on any atom is 0.0727 e. The molecule has 278 valence electrons. The summed E-state index contributed by atoms with van der Waals surface area (Å²) in [6.07, 6.45) is 12.1. The van der Waals surface area contributed by atoms with E-state index in [-0.39, 0.29) is 0 Å². The van der Waals surface area contributed by atoms with E-state index in [4.69, 9.17) is 0 Å². The molecule has 1 unspecified atom stereocenters. The number of aromatic nitrogens is 1. The summed E-state index contributed by atoms with van der Waals surface area (Å²) in [5.41, 5.74) is 19.5. The number of hydrogen-bond acceptors (Lipinski definition) is 1. The lowest BCUT2D eigenvalue weighted by atomic mass is 9.70. The first-order valence-corrected chi connectivity index (χ1v) is 20.7. The number of hydrogen-bond donors (Lipinski definition) is 0. The Bertz CT molecular complexity index is 3080. The molecule has 8 aromatic carbocycles. The largest absolute Gasteiger partial charge is 0.317 e. The van der Waals surface area contributed by atoms with Crippen LogP contribution in [-0.4, -0.2) is 4.57 Å². The van der Waals surface area contributed by atoms with E-state index in [1.54, 1.807) is 0 Å².